The number of nitrogens with zero attached hydrogens (tertiary/aromatic N) is 2. The van der Waals surface area contributed by atoms with Crippen molar-refractivity contribution in [2.75, 3.05) is 45.5 Å². The van der Waals surface area contributed by atoms with Gasteiger partial charge in [-0.15, -0.1) is 0 Å². The van der Waals surface area contributed by atoms with Crippen LogP contribution in [0.1, 0.15) is 30.5 Å². The lowest BCUT2D eigenvalue weighted by molar-refractivity contribution is 0.113. The largest absolute Gasteiger partial charge is 0.304 e. The molecular formula is C17H29N3O2S. The van der Waals surface area contributed by atoms with Crippen LogP contribution in [0, 0.1) is 6.92 Å². The molecule has 1 fully saturated rings. The molecule has 0 spiro atoms. The third-order valence-electron chi connectivity index (χ3n) is 4.41. The van der Waals surface area contributed by atoms with Crippen molar-refractivity contribution in [2.24, 2.45) is 0 Å². The second-order valence-corrected chi connectivity index (χ2v) is 8.36. The monoisotopic (exact) mass is 339 g/mol. The first-order valence-electron chi connectivity index (χ1n) is 8.38. The van der Waals surface area contributed by atoms with E-state index in [0.29, 0.717) is 13.0 Å². The first kappa shape index (κ1) is 18.4. The van der Waals surface area contributed by atoms with Gasteiger partial charge in [-0.25, -0.2) is 13.1 Å². The molecule has 0 saturated carbocycles. The highest BCUT2D eigenvalue weighted by atomic mass is 32.2. The first-order chi connectivity index (χ1) is 10.9. The van der Waals surface area contributed by atoms with Gasteiger partial charge in [0.25, 0.3) is 0 Å². The van der Waals surface area contributed by atoms with Crippen molar-refractivity contribution in [3.63, 3.8) is 0 Å². The minimum atomic E-state index is -3.18. The SMILES string of the molecule is CCCS(=O)(=O)NCC(c1ccc(C)cc1)N1CCN(C)CC1. The molecule has 6 heteroatoms. The standard InChI is InChI=1S/C17H29N3O2S/c1-4-13-23(21,22)18-14-17(16-7-5-15(2)6-8-16)20-11-9-19(3)10-12-20/h5-8,17-18H,4,9-14H2,1-3H3. The molecule has 2 rings (SSSR count). The Morgan fingerprint density at radius 1 is 1.13 bits per heavy atom. The molecule has 1 heterocycles. The molecule has 0 aromatic heterocycles. The number of piperazine rings is 1. The Bertz CT molecular complexity index is 578. The van der Waals surface area contributed by atoms with Crippen LogP contribution in [0.15, 0.2) is 24.3 Å². The van der Waals surface area contributed by atoms with Gasteiger partial charge in [0.05, 0.1) is 5.75 Å². The van der Waals surface area contributed by atoms with Crippen molar-refractivity contribution in [3.8, 4) is 0 Å². The van der Waals surface area contributed by atoms with E-state index in [-0.39, 0.29) is 11.8 Å². The van der Waals surface area contributed by atoms with Crippen LogP contribution < -0.4 is 4.72 Å². The Labute approximate surface area is 140 Å². The maximum absolute atomic E-state index is 12.0. The average molecular weight is 340 g/mol. The third kappa shape index (κ3) is 5.57. The quantitative estimate of drug-likeness (QED) is 0.820. The van der Waals surface area contributed by atoms with Crippen LogP contribution in [-0.2, 0) is 10.0 Å². The van der Waals surface area contributed by atoms with Crippen LogP contribution in [0.5, 0.6) is 0 Å². The highest BCUT2D eigenvalue weighted by Gasteiger charge is 2.25. The number of rotatable bonds is 7. The fourth-order valence-corrected chi connectivity index (χ4v) is 4.02. The number of likely N-dealkylation sites (N-methyl/N-ethyl adjacent to an activating group) is 1. The van der Waals surface area contributed by atoms with Gasteiger partial charge in [-0.2, -0.15) is 0 Å². The summed E-state index contributed by atoms with van der Waals surface area (Å²) >= 11 is 0. The van der Waals surface area contributed by atoms with Crippen LogP contribution in [0.25, 0.3) is 0 Å². The molecule has 130 valence electrons. The minimum absolute atomic E-state index is 0.0935. The summed E-state index contributed by atoms with van der Waals surface area (Å²) < 4.78 is 26.8. The van der Waals surface area contributed by atoms with E-state index >= 15 is 0 Å². The minimum Gasteiger partial charge on any atom is -0.304 e. The molecule has 1 saturated heterocycles. The van der Waals surface area contributed by atoms with Gasteiger partial charge in [0.1, 0.15) is 0 Å². The van der Waals surface area contributed by atoms with Gasteiger partial charge in [-0.3, -0.25) is 4.90 Å². The van der Waals surface area contributed by atoms with Crippen LogP contribution in [0.3, 0.4) is 0 Å². The molecule has 0 radical (unpaired) electrons. The topological polar surface area (TPSA) is 52.7 Å². The predicted molar refractivity (Wildman–Crippen MR) is 95.1 cm³/mol. The number of benzene rings is 1. The summed E-state index contributed by atoms with van der Waals surface area (Å²) in [5.41, 5.74) is 2.40. The van der Waals surface area contributed by atoms with Crippen LogP contribution >= 0.6 is 0 Å². The van der Waals surface area contributed by atoms with Gasteiger partial charge in [-0.1, -0.05) is 36.8 Å². The number of hydrogen-bond donors (Lipinski definition) is 1. The molecule has 0 amide bonds. The van der Waals surface area contributed by atoms with Crippen molar-refractivity contribution in [1.82, 2.24) is 14.5 Å². The lowest BCUT2D eigenvalue weighted by Gasteiger charge is -2.38. The van der Waals surface area contributed by atoms with Crippen molar-refractivity contribution in [2.45, 2.75) is 26.3 Å². The van der Waals surface area contributed by atoms with Crippen molar-refractivity contribution in [1.29, 1.82) is 0 Å². The van der Waals surface area contributed by atoms with Gasteiger partial charge in [0.15, 0.2) is 0 Å². The van der Waals surface area contributed by atoms with E-state index in [0.717, 1.165) is 26.2 Å². The zero-order chi connectivity index (χ0) is 16.9. The second kappa shape index (κ2) is 8.24. The van der Waals surface area contributed by atoms with Gasteiger partial charge in [0, 0.05) is 38.8 Å². The van der Waals surface area contributed by atoms with Gasteiger partial charge in [-0.05, 0) is 26.0 Å². The molecule has 1 unspecified atom stereocenters. The Kier molecular flexibility index (Phi) is 6.59. The van der Waals surface area contributed by atoms with E-state index in [1.165, 1.54) is 11.1 Å². The molecular weight excluding hydrogens is 310 g/mol. The molecule has 5 nitrogen and oxygen atoms in total. The fraction of sp³-hybridized carbons (Fsp3) is 0.647. The molecule has 23 heavy (non-hydrogen) atoms. The Hall–Kier alpha value is -0.950. The van der Waals surface area contributed by atoms with E-state index in [4.69, 9.17) is 0 Å². The molecule has 1 aliphatic heterocycles. The molecule has 0 aliphatic carbocycles. The normalized spacial score (nSPS) is 18.9. The molecule has 1 aromatic rings. The number of sulfonamides is 1. The average Bonchev–Trinajstić information content (AvgIpc) is 2.51. The van der Waals surface area contributed by atoms with Gasteiger partial charge >= 0.3 is 0 Å². The van der Waals surface area contributed by atoms with Crippen molar-refractivity contribution < 1.29 is 8.42 Å². The lowest BCUT2D eigenvalue weighted by Crippen LogP contribution is -2.48. The Balaban J connectivity index is 2.12. The summed E-state index contributed by atoms with van der Waals surface area (Å²) in [6.07, 6.45) is 0.638. The fourth-order valence-electron chi connectivity index (χ4n) is 2.93. The molecule has 1 atom stereocenters. The molecule has 1 aliphatic rings. The Morgan fingerprint density at radius 3 is 2.30 bits per heavy atom. The second-order valence-electron chi connectivity index (χ2n) is 6.43. The Morgan fingerprint density at radius 2 is 1.74 bits per heavy atom. The molecule has 0 bridgehead atoms. The summed E-state index contributed by atoms with van der Waals surface area (Å²) in [6, 6.07) is 8.52. The predicted octanol–water partition coefficient (Wildman–Crippen LogP) is 1.61. The maximum atomic E-state index is 12.0. The molecule has 1 N–H and O–H groups in total. The summed E-state index contributed by atoms with van der Waals surface area (Å²) in [5, 5.41) is 0. The van der Waals surface area contributed by atoms with E-state index in [9.17, 15) is 8.42 Å². The number of aryl methyl sites for hydroxylation is 1. The third-order valence-corrected chi connectivity index (χ3v) is 5.96. The smallest absolute Gasteiger partial charge is 0.211 e. The zero-order valence-corrected chi connectivity index (χ0v) is 15.3. The van der Waals surface area contributed by atoms with Gasteiger partial charge in [0.2, 0.25) is 10.0 Å². The van der Waals surface area contributed by atoms with Crippen molar-refractivity contribution >= 4 is 10.0 Å². The van der Waals surface area contributed by atoms with Crippen LogP contribution in [-0.4, -0.2) is 63.7 Å². The summed E-state index contributed by atoms with van der Waals surface area (Å²) in [6.45, 7) is 8.36. The van der Waals surface area contributed by atoms with E-state index < -0.39 is 10.0 Å². The number of nitrogens with one attached hydrogen (secondary N) is 1. The summed E-state index contributed by atoms with van der Waals surface area (Å²) in [4.78, 5) is 4.70. The highest BCUT2D eigenvalue weighted by molar-refractivity contribution is 7.89. The highest BCUT2D eigenvalue weighted by Crippen LogP contribution is 2.22. The molecule has 1 aromatic carbocycles. The van der Waals surface area contributed by atoms with Crippen LogP contribution in [0.4, 0.5) is 0 Å². The zero-order valence-electron chi connectivity index (χ0n) is 14.5. The number of hydrogen-bond acceptors (Lipinski definition) is 4. The summed E-state index contributed by atoms with van der Waals surface area (Å²) in [7, 11) is -1.05. The maximum Gasteiger partial charge on any atom is 0.211 e. The summed E-state index contributed by atoms with van der Waals surface area (Å²) in [5.74, 6) is 0.191. The van der Waals surface area contributed by atoms with Crippen LogP contribution in [0.2, 0.25) is 0 Å². The van der Waals surface area contributed by atoms with Gasteiger partial charge < -0.3 is 4.90 Å². The lowest BCUT2D eigenvalue weighted by atomic mass is 10.0. The van der Waals surface area contributed by atoms with E-state index in [2.05, 4.69) is 52.8 Å². The van der Waals surface area contributed by atoms with Crippen molar-refractivity contribution in [3.05, 3.63) is 35.4 Å². The van der Waals surface area contributed by atoms with E-state index in [1.807, 2.05) is 6.92 Å². The van der Waals surface area contributed by atoms with E-state index in [1.54, 1.807) is 0 Å². The first-order valence-corrected chi connectivity index (χ1v) is 10.0.